The van der Waals surface area contributed by atoms with Crippen LogP contribution in [0.5, 0.6) is 11.5 Å². The van der Waals surface area contributed by atoms with Crippen molar-refractivity contribution in [1.29, 1.82) is 0 Å². The average molecular weight is 217 g/mol. The first-order valence-corrected chi connectivity index (χ1v) is 4.81. The number of aliphatic hydroxyl groups is 1. The summed E-state index contributed by atoms with van der Waals surface area (Å²) in [5, 5.41) is 8.63. The number of alkyl halides is 1. The third-order valence-electron chi connectivity index (χ3n) is 1.73. The highest BCUT2D eigenvalue weighted by Gasteiger charge is 2.04. The molecule has 0 aliphatic rings. The minimum absolute atomic E-state index is 0.0196. The Labute approximate surface area is 88.2 Å². The molecule has 0 fully saturated rings. The third kappa shape index (κ3) is 2.79. The molecule has 0 heterocycles. The molecule has 1 aromatic rings. The van der Waals surface area contributed by atoms with Gasteiger partial charge in [0.15, 0.2) is 11.5 Å². The fraction of sp³-hybridized carbons (Fsp3) is 0.400. The zero-order valence-electron chi connectivity index (χ0n) is 8.00. The predicted octanol–water partition coefficient (Wildman–Crippen LogP) is 1.81. The average Bonchev–Trinajstić information content (AvgIpc) is 2.25. The van der Waals surface area contributed by atoms with Gasteiger partial charge in [-0.05, 0) is 17.7 Å². The molecule has 0 saturated heterocycles. The Morgan fingerprint density at radius 1 is 1.36 bits per heavy atom. The fourth-order valence-electron chi connectivity index (χ4n) is 1.07. The molecule has 1 N–H and O–H groups in total. The molecule has 14 heavy (non-hydrogen) atoms. The van der Waals surface area contributed by atoms with E-state index in [-0.39, 0.29) is 13.2 Å². The molecule has 0 aliphatic heterocycles. The Morgan fingerprint density at radius 2 is 2.14 bits per heavy atom. The molecule has 4 heteroatoms. The van der Waals surface area contributed by atoms with E-state index in [0.29, 0.717) is 17.4 Å². The molecule has 78 valence electrons. The van der Waals surface area contributed by atoms with E-state index in [4.69, 9.17) is 26.2 Å². The van der Waals surface area contributed by atoms with Crippen LogP contribution in [0.3, 0.4) is 0 Å². The van der Waals surface area contributed by atoms with Crippen molar-refractivity contribution in [2.75, 3.05) is 20.3 Å². The summed E-state index contributed by atoms with van der Waals surface area (Å²) in [6.45, 7) is 0.232. The van der Waals surface area contributed by atoms with Gasteiger partial charge in [-0.2, -0.15) is 0 Å². The van der Waals surface area contributed by atoms with Gasteiger partial charge in [0, 0.05) is 5.88 Å². The summed E-state index contributed by atoms with van der Waals surface area (Å²) in [7, 11) is 1.57. The molecule has 0 saturated carbocycles. The molecule has 0 aliphatic carbocycles. The maximum atomic E-state index is 8.63. The van der Waals surface area contributed by atoms with E-state index in [1.165, 1.54) is 0 Å². The zero-order valence-corrected chi connectivity index (χ0v) is 8.75. The number of methoxy groups -OCH3 is 1. The van der Waals surface area contributed by atoms with E-state index in [1.54, 1.807) is 13.2 Å². The van der Waals surface area contributed by atoms with Crippen LogP contribution in [0.25, 0.3) is 0 Å². The van der Waals surface area contributed by atoms with Crippen molar-refractivity contribution in [2.45, 2.75) is 5.88 Å². The lowest BCUT2D eigenvalue weighted by molar-refractivity contribution is 0.196. The standard InChI is InChI=1S/C10H13ClO3/c1-13-9-3-2-8(7-11)6-10(9)14-5-4-12/h2-3,6,12H,4-5,7H2,1H3. The van der Waals surface area contributed by atoms with Crippen LogP contribution in [0, 0.1) is 0 Å². The largest absolute Gasteiger partial charge is 0.493 e. The van der Waals surface area contributed by atoms with Gasteiger partial charge in [-0.3, -0.25) is 0 Å². The van der Waals surface area contributed by atoms with E-state index >= 15 is 0 Å². The first kappa shape index (κ1) is 11.1. The molecule has 1 aromatic carbocycles. The van der Waals surface area contributed by atoms with E-state index in [0.717, 1.165) is 5.56 Å². The predicted molar refractivity (Wildman–Crippen MR) is 55.1 cm³/mol. The Morgan fingerprint density at radius 3 is 2.71 bits per heavy atom. The maximum absolute atomic E-state index is 8.63. The van der Waals surface area contributed by atoms with Crippen LogP contribution in [0.15, 0.2) is 18.2 Å². The molecule has 0 radical (unpaired) electrons. The summed E-state index contributed by atoms with van der Waals surface area (Å²) in [6, 6.07) is 5.48. The number of benzene rings is 1. The summed E-state index contributed by atoms with van der Waals surface area (Å²) >= 11 is 5.68. The minimum Gasteiger partial charge on any atom is -0.493 e. The van der Waals surface area contributed by atoms with Gasteiger partial charge in [0.2, 0.25) is 0 Å². The lowest BCUT2D eigenvalue weighted by atomic mass is 10.2. The number of halogens is 1. The lowest BCUT2D eigenvalue weighted by Gasteiger charge is -2.10. The van der Waals surface area contributed by atoms with E-state index in [9.17, 15) is 0 Å². The number of hydrogen-bond acceptors (Lipinski definition) is 3. The maximum Gasteiger partial charge on any atom is 0.161 e. The molecule has 3 nitrogen and oxygen atoms in total. The van der Waals surface area contributed by atoms with Crippen molar-refractivity contribution < 1.29 is 14.6 Å². The topological polar surface area (TPSA) is 38.7 Å². The highest BCUT2D eigenvalue weighted by atomic mass is 35.5. The molecule has 0 spiro atoms. The van der Waals surface area contributed by atoms with Crippen molar-refractivity contribution in [3.8, 4) is 11.5 Å². The first-order chi connectivity index (χ1) is 6.81. The van der Waals surface area contributed by atoms with Crippen molar-refractivity contribution >= 4 is 11.6 Å². The summed E-state index contributed by atoms with van der Waals surface area (Å²) in [6.07, 6.45) is 0. The number of rotatable bonds is 5. The van der Waals surface area contributed by atoms with Crippen molar-refractivity contribution in [3.63, 3.8) is 0 Å². The monoisotopic (exact) mass is 216 g/mol. The van der Waals surface area contributed by atoms with Gasteiger partial charge in [-0.15, -0.1) is 11.6 Å². The number of hydrogen-bond donors (Lipinski definition) is 1. The van der Waals surface area contributed by atoms with Gasteiger partial charge in [-0.1, -0.05) is 6.07 Å². The molecule has 0 unspecified atom stereocenters. The molecule has 0 atom stereocenters. The molecular weight excluding hydrogens is 204 g/mol. The van der Waals surface area contributed by atoms with Crippen LogP contribution in [0.1, 0.15) is 5.56 Å². The third-order valence-corrected chi connectivity index (χ3v) is 2.04. The Bertz CT molecular complexity index is 289. The number of ether oxygens (including phenoxy) is 2. The second-order valence-corrected chi connectivity index (χ2v) is 2.96. The van der Waals surface area contributed by atoms with Gasteiger partial charge in [0.05, 0.1) is 13.7 Å². The Kier molecular flexibility index (Phi) is 4.56. The second-order valence-electron chi connectivity index (χ2n) is 2.69. The van der Waals surface area contributed by atoms with Crippen molar-refractivity contribution in [1.82, 2.24) is 0 Å². The van der Waals surface area contributed by atoms with Crippen molar-refractivity contribution in [2.24, 2.45) is 0 Å². The van der Waals surface area contributed by atoms with Gasteiger partial charge >= 0.3 is 0 Å². The highest BCUT2D eigenvalue weighted by Crippen LogP contribution is 2.28. The van der Waals surface area contributed by atoms with Crippen LogP contribution >= 0.6 is 11.6 Å². The number of aliphatic hydroxyl groups excluding tert-OH is 1. The van der Waals surface area contributed by atoms with Gasteiger partial charge in [0.25, 0.3) is 0 Å². The van der Waals surface area contributed by atoms with Crippen LogP contribution < -0.4 is 9.47 Å². The lowest BCUT2D eigenvalue weighted by Crippen LogP contribution is -2.03. The van der Waals surface area contributed by atoms with E-state index < -0.39 is 0 Å². The van der Waals surface area contributed by atoms with Gasteiger partial charge < -0.3 is 14.6 Å². The smallest absolute Gasteiger partial charge is 0.161 e. The summed E-state index contributed by atoms with van der Waals surface area (Å²) in [5.74, 6) is 1.69. The second kappa shape index (κ2) is 5.73. The van der Waals surface area contributed by atoms with Crippen LogP contribution in [-0.2, 0) is 5.88 Å². The quantitative estimate of drug-likeness (QED) is 0.763. The van der Waals surface area contributed by atoms with Crippen LogP contribution in [-0.4, -0.2) is 25.4 Å². The molecule has 1 rings (SSSR count). The summed E-state index contributed by atoms with van der Waals surface area (Å²) in [5.41, 5.74) is 0.959. The molecule has 0 aromatic heterocycles. The SMILES string of the molecule is COc1ccc(CCl)cc1OCCO. The highest BCUT2D eigenvalue weighted by molar-refractivity contribution is 6.17. The Hall–Kier alpha value is -0.930. The fourth-order valence-corrected chi connectivity index (χ4v) is 1.24. The van der Waals surface area contributed by atoms with Gasteiger partial charge in [-0.25, -0.2) is 0 Å². The molecular formula is C10H13ClO3. The molecule has 0 amide bonds. The Balaban J connectivity index is 2.84. The normalized spacial score (nSPS) is 9.93. The minimum atomic E-state index is -0.0196. The van der Waals surface area contributed by atoms with E-state index in [1.807, 2.05) is 12.1 Å². The van der Waals surface area contributed by atoms with Crippen LogP contribution in [0.2, 0.25) is 0 Å². The van der Waals surface area contributed by atoms with Crippen molar-refractivity contribution in [3.05, 3.63) is 23.8 Å². The summed E-state index contributed by atoms with van der Waals surface area (Å²) in [4.78, 5) is 0. The zero-order chi connectivity index (χ0) is 10.4. The first-order valence-electron chi connectivity index (χ1n) is 4.28. The molecule has 0 bridgehead atoms. The summed E-state index contributed by atoms with van der Waals surface area (Å²) < 4.78 is 10.4. The van der Waals surface area contributed by atoms with Crippen LogP contribution in [0.4, 0.5) is 0 Å². The van der Waals surface area contributed by atoms with Gasteiger partial charge in [0.1, 0.15) is 6.61 Å². The van der Waals surface area contributed by atoms with E-state index in [2.05, 4.69) is 0 Å².